The van der Waals surface area contributed by atoms with Gasteiger partial charge in [0.1, 0.15) is 0 Å². The molecule has 17 heavy (non-hydrogen) atoms. The Morgan fingerprint density at radius 1 is 1.35 bits per heavy atom. The molecule has 0 aliphatic heterocycles. The van der Waals surface area contributed by atoms with Gasteiger partial charge < -0.3 is 5.11 Å². The highest BCUT2D eigenvalue weighted by Crippen LogP contribution is 2.28. The third-order valence-electron chi connectivity index (χ3n) is 2.90. The SMILES string of the molecule is CCC(CC)n1nnc(C(=O)O)c1C(C)(C)C. The Balaban J connectivity index is 3.37. The van der Waals surface area contributed by atoms with E-state index in [9.17, 15) is 4.79 Å². The third-order valence-corrected chi connectivity index (χ3v) is 2.90. The van der Waals surface area contributed by atoms with Crippen molar-refractivity contribution in [3.63, 3.8) is 0 Å². The Morgan fingerprint density at radius 3 is 2.24 bits per heavy atom. The van der Waals surface area contributed by atoms with Crippen LogP contribution in [0.5, 0.6) is 0 Å². The lowest BCUT2D eigenvalue weighted by Gasteiger charge is -2.24. The summed E-state index contributed by atoms with van der Waals surface area (Å²) < 4.78 is 1.78. The molecule has 0 aromatic carbocycles. The summed E-state index contributed by atoms with van der Waals surface area (Å²) in [7, 11) is 0. The molecule has 0 radical (unpaired) electrons. The highest BCUT2D eigenvalue weighted by atomic mass is 16.4. The predicted molar refractivity (Wildman–Crippen MR) is 65.3 cm³/mol. The van der Waals surface area contributed by atoms with Crippen LogP contribution in [0.25, 0.3) is 0 Å². The lowest BCUT2D eigenvalue weighted by Crippen LogP contribution is -2.24. The Bertz CT molecular complexity index is 400. The van der Waals surface area contributed by atoms with Gasteiger partial charge in [-0.1, -0.05) is 39.8 Å². The number of carbonyl (C=O) groups is 1. The number of aromatic nitrogens is 3. The van der Waals surface area contributed by atoms with Crippen molar-refractivity contribution in [3.05, 3.63) is 11.4 Å². The summed E-state index contributed by atoms with van der Waals surface area (Å²) in [5, 5.41) is 17.0. The first-order chi connectivity index (χ1) is 7.82. The van der Waals surface area contributed by atoms with E-state index in [0.29, 0.717) is 5.69 Å². The van der Waals surface area contributed by atoms with Crippen molar-refractivity contribution in [2.75, 3.05) is 0 Å². The van der Waals surface area contributed by atoms with Gasteiger partial charge in [-0.3, -0.25) is 0 Å². The number of aromatic carboxylic acids is 1. The van der Waals surface area contributed by atoms with Crippen LogP contribution in [0.3, 0.4) is 0 Å². The molecule has 0 saturated carbocycles. The molecule has 1 aromatic heterocycles. The van der Waals surface area contributed by atoms with Crippen LogP contribution < -0.4 is 0 Å². The van der Waals surface area contributed by atoms with Crippen molar-refractivity contribution in [3.8, 4) is 0 Å². The van der Waals surface area contributed by atoms with Crippen LogP contribution in [0.2, 0.25) is 0 Å². The molecule has 1 heterocycles. The van der Waals surface area contributed by atoms with E-state index >= 15 is 0 Å². The minimum absolute atomic E-state index is 0.0735. The van der Waals surface area contributed by atoms with Crippen LogP contribution in [0.4, 0.5) is 0 Å². The van der Waals surface area contributed by atoms with Crippen molar-refractivity contribution in [1.29, 1.82) is 0 Å². The number of rotatable bonds is 4. The van der Waals surface area contributed by atoms with Gasteiger partial charge >= 0.3 is 5.97 Å². The van der Waals surface area contributed by atoms with E-state index in [2.05, 4.69) is 24.2 Å². The van der Waals surface area contributed by atoms with Crippen molar-refractivity contribution < 1.29 is 9.90 Å². The molecule has 0 unspecified atom stereocenters. The van der Waals surface area contributed by atoms with Gasteiger partial charge in [0.15, 0.2) is 5.69 Å². The number of hydrogen-bond donors (Lipinski definition) is 1. The molecule has 0 bridgehead atoms. The zero-order chi connectivity index (χ0) is 13.2. The second kappa shape index (κ2) is 4.85. The summed E-state index contributed by atoms with van der Waals surface area (Å²) >= 11 is 0. The number of carboxylic acid groups (broad SMARTS) is 1. The zero-order valence-corrected chi connectivity index (χ0v) is 11.2. The number of nitrogens with zero attached hydrogens (tertiary/aromatic N) is 3. The average Bonchev–Trinajstić information content (AvgIpc) is 2.63. The van der Waals surface area contributed by atoms with E-state index in [-0.39, 0.29) is 17.2 Å². The molecule has 0 saturated heterocycles. The van der Waals surface area contributed by atoms with Crippen LogP contribution in [-0.4, -0.2) is 26.1 Å². The largest absolute Gasteiger partial charge is 0.476 e. The van der Waals surface area contributed by atoms with Gasteiger partial charge in [-0.25, -0.2) is 9.48 Å². The fourth-order valence-electron chi connectivity index (χ4n) is 2.03. The minimum atomic E-state index is -1.01. The highest BCUT2D eigenvalue weighted by molar-refractivity contribution is 5.86. The van der Waals surface area contributed by atoms with Crippen molar-refractivity contribution in [2.45, 2.75) is 58.9 Å². The molecule has 96 valence electrons. The second-order valence-corrected chi connectivity index (χ2v) is 5.26. The van der Waals surface area contributed by atoms with Gasteiger partial charge in [-0.15, -0.1) is 5.10 Å². The van der Waals surface area contributed by atoms with Crippen LogP contribution in [0, 0.1) is 0 Å². The Labute approximate surface area is 102 Å². The van der Waals surface area contributed by atoms with Crippen LogP contribution in [0.15, 0.2) is 0 Å². The third kappa shape index (κ3) is 2.65. The van der Waals surface area contributed by atoms with Gasteiger partial charge in [0.25, 0.3) is 0 Å². The molecule has 1 N–H and O–H groups in total. The van der Waals surface area contributed by atoms with Crippen LogP contribution in [-0.2, 0) is 5.41 Å². The zero-order valence-electron chi connectivity index (χ0n) is 11.2. The van der Waals surface area contributed by atoms with Crippen molar-refractivity contribution in [2.24, 2.45) is 0 Å². The maximum atomic E-state index is 11.2. The molecule has 5 heteroatoms. The average molecular weight is 239 g/mol. The highest BCUT2D eigenvalue weighted by Gasteiger charge is 2.30. The van der Waals surface area contributed by atoms with Gasteiger partial charge in [0.05, 0.1) is 11.7 Å². The van der Waals surface area contributed by atoms with Crippen molar-refractivity contribution >= 4 is 5.97 Å². The minimum Gasteiger partial charge on any atom is -0.476 e. The fourth-order valence-corrected chi connectivity index (χ4v) is 2.03. The topological polar surface area (TPSA) is 68.0 Å². The first kappa shape index (κ1) is 13.7. The van der Waals surface area contributed by atoms with E-state index in [4.69, 9.17) is 5.11 Å². The Kier molecular flexibility index (Phi) is 3.91. The van der Waals surface area contributed by atoms with Gasteiger partial charge in [0, 0.05) is 5.41 Å². The van der Waals surface area contributed by atoms with Gasteiger partial charge in [-0.05, 0) is 12.8 Å². The molecule has 0 aliphatic rings. The summed E-state index contributed by atoms with van der Waals surface area (Å²) in [5.74, 6) is -1.01. The molecule has 1 rings (SSSR count). The van der Waals surface area contributed by atoms with Gasteiger partial charge in [0.2, 0.25) is 0 Å². The summed E-state index contributed by atoms with van der Waals surface area (Å²) in [6.07, 6.45) is 1.84. The van der Waals surface area contributed by atoms with E-state index in [1.165, 1.54) is 0 Å². The lowest BCUT2D eigenvalue weighted by atomic mass is 9.89. The van der Waals surface area contributed by atoms with Crippen molar-refractivity contribution in [1.82, 2.24) is 15.0 Å². The first-order valence-electron chi connectivity index (χ1n) is 6.01. The summed E-state index contributed by atoms with van der Waals surface area (Å²) in [4.78, 5) is 11.2. The molecule has 0 spiro atoms. The maximum absolute atomic E-state index is 11.2. The molecular weight excluding hydrogens is 218 g/mol. The number of carboxylic acids is 1. The quantitative estimate of drug-likeness (QED) is 0.877. The summed E-state index contributed by atoms with van der Waals surface area (Å²) in [5.41, 5.74) is 0.503. The van der Waals surface area contributed by atoms with E-state index in [0.717, 1.165) is 12.8 Å². The van der Waals surface area contributed by atoms with E-state index in [1.54, 1.807) is 4.68 Å². The maximum Gasteiger partial charge on any atom is 0.358 e. The fraction of sp³-hybridized carbons (Fsp3) is 0.750. The Hall–Kier alpha value is -1.39. The monoisotopic (exact) mass is 239 g/mol. The summed E-state index contributed by atoms with van der Waals surface area (Å²) in [6.45, 7) is 10.1. The molecular formula is C12H21N3O2. The molecule has 0 aliphatic carbocycles. The number of hydrogen-bond acceptors (Lipinski definition) is 3. The van der Waals surface area contributed by atoms with E-state index < -0.39 is 5.97 Å². The Morgan fingerprint density at radius 2 is 1.88 bits per heavy atom. The smallest absolute Gasteiger partial charge is 0.358 e. The van der Waals surface area contributed by atoms with Crippen LogP contribution >= 0.6 is 0 Å². The predicted octanol–water partition coefficient (Wildman–Crippen LogP) is 2.63. The molecule has 1 aromatic rings. The normalized spacial score (nSPS) is 12.1. The molecule has 5 nitrogen and oxygen atoms in total. The molecule has 0 atom stereocenters. The molecule has 0 fully saturated rings. The van der Waals surface area contributed by atoms with Crippen LogP contribution in [0.1, 0.15) is 69.7 Å². The summed E-state index contributed by atoms with van der Waals surface area (Å²) in [6, 6.07) is 0.213. The van der Waals surface area contributed by atoms with Gasteiger partial charge in [-0.2, -0.15) is 0 Å². The second-order valence-electron chi connectivity index (χ2n) is 5.26. The molecule has 0 amide bonds. The van der Waals surface area contributed by atoms with E-state index in [1.807, 2.05) is 20.8 Å². The first-order valence-corrected chi connectivity index (χ1v) is 6.01. The standard InChI is InChI=1S/C12H21N3O2/c1-6-8(7-2)15-10(12(3,4)5)9(11(16)17)13-14-15/h8H,6-7H2,1-5H3,(H,16,17). The lowest BCUT2D eigenvalue weighted by molar-refractivity contribution is 0.0687.